The number of carbonyl (C=O) groups excluding carboxylic acids is 2. The second kappa shape index (κ2) is 20.0. The van der Waals surface area contributed by atoms with E-state index < -0.39 is 35.8 Å². The van der Waals surface area contributed by atoms with E-state index in [-0.39, 0.29) is 104 Å². The van der Waals surface area contributed by atoms with E-state index in [1.54, 1.807) is 24.5 Å². The molecule has 16 heteroatoms. The minimum atomic E-state index is -1.19. The molecule has 0 aliphatic carbocycles. The van der Waals surface area contributed by atoms with Crippen molar-refractivity contribution in [3.05, 3.63) is 65.2 Å². The number of amides is 2. The molecule has 284 valence electrons. The summed E-state index contributed by atoms with van der Waals surface area (Å²) in [6.07, 6.45) is -0.264. The lowest BCUT2D eigenvalue weighted by molar-refractivity contribution is -0.145. The zero-order valence-corrected chi connectivity index (χ0v) is 29.5. The smallest absolute Gasteiger partial charge is 0.320 e. The number of benzene rings is 2. The first-order valence-electron chi connectivity index (χ1n) is 17.4. The van der Waals surface area contributed by atoms with Crippen LogP contribution in [-0.2, 0) is 35.3 Å². The van der Waals surface area contributed by atoms with Gasteiger partial charge in [0.05, 0.1) is 31.9 Å². The van der Waals surface area contributed by atoms with E-state index in [1.807, 2.05) is 48.5 Å². The number of rotatable bonds is 14. The molecule has 0 saturated carbocycles. The van der Waals surface area contributed by atoms with E-state index >= 15 is 0 Å². The van der Waals surface area contributed by atoms with Crippen molar-refractivity contribution in [3.63, 3.8) is 0 Å². The van der Waals surface area contributed by atoms with Crippen LogP contribution in [0, 0.1) is 11.8 Å². The maximum absolute atomic E-state index is 13.5. The van der Waals surface area contributed by atoms with Gasteiger partial charge < -0.3 is 30.6 Å². The highest BCUT2D eigenvalue weighted by atomic mass is 16.4. The summed E-state index contributed by atoms with van der Waals surface area (Å²) in [5.74, 6) is 1.20. The average molecular weight is 735 g/mol. The molecule has 2 heterocycles. The summed E-state index contributed by atoms with van der Waals surface area (Å²) in [7, 11) is 0. The first-order valence-corrected chi connectivity index (χ1v) is 17.4. The first-order chi connectivity index (χ1) is 25.4. The fourth-order valence-corrected chi connectivity index (χ4v) is 6.38. The monoisotopic (exact) mass is 734 g/mol. The van der Waals surface area contributed by atoms with Crippen LogP contribution in [0.1, 0.15) is 36.0 Å². The molecule has 1 unspecified atom stereocenters. The lowest BCUT2D eigenvalue weighted by Crippen LogP contribution is -2.52. The van der Waals surface area contributed by atoms with E-state index in [9.17, 15) is 49.2 Å². The normalized spacial score (nSPS) is 16.9. The number of carboxylic acids is 4. The molecule has 2 amide bonds. The lowest BCUT2D eigenvalue weighted by atomic mass is 10.0. The minimum absolute atomic E-state index is 0.00707. The van der Waals surface area contributed by atoms with Gasteiger partial charge in [0.25, 0.3) is 0 Å². The predicted molar refractivity (Wildman–Crippen MR) is 192 cm³/mol. The quantitative estimate of drug-likeness (QED) is 0.164. The van der Waals surface area contributed by atoms with Crippen LogP contribution in [0.3, 0.4) is 0 Å². The molecule has 2 aromatic rings. The number of hydrogen-bond acceptors (Lipinski definition) is 10. The highest BCUT2D eigenvalue weighted by Crippen LogP contribution is 2.26. The van der Waals surface area contributed by atoms with Gasteiger partial charge in [-0.2, -0.15) is 0 Å². The summed E-state index contributed by atoms with van der Waals surface area (Å²) >= 11 is 0. The van der Waals surface area contributed by atoms with E-state index in [0.29, 0.717) is 17.8 Å². The van der Waals surface area contributed by atoms with Gasteiger partial charge in [-0.05, 0) is 30.2 Å². The van der Waals surface area contributed by atoms with Crippen molar-refractivity contribution < 1.29 is 49.2 Å². The molecule has 0 aromatic heterocycles. The molecule has 0 spiro atoms. The van der Waals surface area contributed by atoms with Gasteiger partial charge >= 0.3 is 23.9 Å². The molecular formula is C37H46N6O10. The summed E-state index contributed by atoms with van der Waals surface area (Å²) in [6.45, 7) is 0.606. The van der Waals surface area contributed by atoms with Crippen LogP contribution in [0.25, 0.3) is 0 Å². The number of hydrogen-bond donors (Lipinski definition) is 5. The number of anilines is 1. The maximum Gasteiger partial charge on any atom is 0.320 e. The van der Waals surface area contributed by atoms with Gasteiger partial charge in [-0.25, -0.2) is 0 Å². The van der Waals surface area contributed by atoms with Crippen molar-refractivity contribution in [3.8, 4) is 11.8 Å². The van der Waals surface area contributed by atoms with E-state index in [4.69, 9.17) is 0 Å². The van der Waals surface area contributed by atoms with Gasteiger partial charge in [-0.3, -0.25) is 48.4 Å². The minimum Gasteiger partial charge on any atom is -0.480 e. The number of carboxylic acid groups (broad SMARTS) is 4. The van der Waals surface area contributed by atoms with Crippen molar-refractivity contribution >= 4 is 41.4 Å². The Labute approximate surface area is 307 Å². The summed E-state index contributed by atoms with van der Waals surface area (Å²) in [5.41, 5.74) is 3.09. The molecular weight excluding hydrogens is 688 g/mol. The van der Waals surface area contributed by atoms with Crippen LogP contribution in [-0.4, -0.2) is 160 Å². The third-order valence-electron chi connectivity index (χ3n) is 9.15. The Kier molecular flexibility index (Phi) is 15.3. The van der Waals surface area contributed by atoms with Crippen molar-refractivity contribution in [2.24, 2.45) is 0 Å². The van der Waals surface area contributed by atoms with Crippen LogP contribution >= 0.6 is 0 Å². The number of carbonyl (C=O) groups is 6. The van der Waals surface area contributed by atoms with Crippen molar-refractivity contribution in [1.29, 1.82) is 0 Å². The molecule has 5 N–H and O–H groups in total. The molecule has 1 atom stereocenters. The Balaban J connectivity index is 1.39. The number of fused-ring (bicyclic) bond motifs is 2. The topological polar surface area (TPSA) is 212 Å². The number of nitrogens with zero attached hydrogens (tertiary/aromatic N) is 5. The van der Waals surface area contributed by atoms with Crippen molar-refractivity contribution in [2.45, 2.75) is 31.8 Å². The molecule has 53 heavy (non-hydrogen) atoms. The Morgan fingerprint density at radius 1 is 0.642 bits per heavy atom. The van der Waals surface area contributed by atoms with Crippen LogP contribution in [0.2, 0.25) is 0 Å². The standard InChI is InChI=1S/C37H46N6O10/c44-32(38-14-13-33(45)43-23-29-7-2-1-5-27(29)9-10-28-6-3-4-8-30(28)43)12-11-31(37(52)53)42-21-19-40(25-35(48)49)17-15-39(24-34(46)47)16-18-41(20-22-42)26-36(50)51/h1-8,31H,11-26H2,(H,38,44)(H,46,47)(H,48,49)(H,50,51)(H,52,53). The number of nitrogens with one attached hydrogen (secondary N) is 1. The average Bonchev–Trinajstić information content (AvgIpc) is 3.09. The highest BCUT2D eigenvalue weighted by Gasteiger charge is 2.29. The number of aliphatic carboxylic acids is 4. The van der Waals surface area contributed by atoms with Crippen LogP contribution < -0.4 is 10.2 Å². The van der Waals surface area contributed by atoms with Gasteiger partial charge in [0.1, 0.15) is 6.04 Å². The maximum atomic E-state index is 13.5. The van der Waals surface area contributed by atoms with Crippen LogP contribution in [0.15, 0.2) is 48.5 Å². The highest BCUT2D eigenvalue weighted by molar-refractivity contribution is 5.95. The van der Waals surface area contributed by atoms with Gasteiger partial charge in [0.15, 0.2) is 0 Å². The van der Waals surface area contributed by atoms with Crippen molar-refractivity contribution in [2.75, 3.05) is 83.4 Å². The van der Waals surface area contributed by atoms with E-state index in [0.717, 1.165) is 11.1 Å². The third kappa shape index (κ3) is 13.0. The molecule has 1 saturated heterocycles. The van der Waals surface area contributed by atoms with E-state index in [2.05, 4.69) is 17.2 Å². The van der Waals surface area contributed by atoms with Gasteiger partial charge in [-0.15, -0.1) is 0 Å². The summed E-state index contributed by atoms with van der Waals surface area (Å²) in [6, 6.07) is 13.8. The summed E-state index contributed by atoms with van der Waals surface area (Å²) in [4.78, 5) is 81.8. The summed E-state index contributed by atoms with van der Waals surface area (Å²) < 4.78 is 0. The molecule has 2 aliphatic rings. The SMILES string of the molecule is O=C(O)CN1CCN(CC(=O)O)CCN(C(CCC(=O)NCCC(=O)N2Cc3ccccc3C#Cc3ccccc32)C(=O)O)CCN(CC(=O)O)CC1. The Bertz CT molecular complexity index is 1680. The van der Waals surface area contributed by atoms with Crippen LogP contribution in [0.4, 0.5) is 5.69 Å². The van der Waals surface area contributed by atoms with Crippen molar-refractivity contribution in [1.82, 2.24) is 24.9 Å². The number of para-hydroxylation sites is 1. The third-order valence-corrected chi connectivity index (χ3v) is 9.15. The second-order valence-electron chi connectivity index (χ2n) is 12.9. The lowest BCUT2D eigenvalue weighted by Gasteiger charge is -2.35. The molecule has 1 fully saturated rings. The zero-order chi connectivity index (χ0) is 38.3. The second-order valence-corrected chi connectivity index (χ2v) is 12.9. The summed E-state index contributed by atoms with van der Waals surface area (Å²) in [5, 5.41) is 41.3. The molecule has 0 bridgehead atoms. The fourth-order valence-electron chi connectivity index (χ4n) is 6.38. The Morgan fingerprint density at radius 3 is 1.68 bits per heavy atom. The fraction of sp³-hybridized carbons (Fsp3) is 0.459. The van der Waals surface area contributed by atoms with Gasteiger partial charge in [0.2, 0.25) is 11.8 Å². The molecule has 4 rings (SSSR count). The predicted octanol–water partition coefficient (Wildman–Crippen LogP) is 0.148. The van der Waals surface area contributed by atoms with E-state index in [1.165, 1.54) is 0 Å². The molecule has 16 nitrogen and oxygen atoms in total. The molecule has 0 radical (unpaired) electrons. The van der Waals surface area contributed by atoms with Gasteiger partial charge in [0, 0.05) is 82.9 Å². The zero-order valence-electron chi connectivity index (χ0n) is 29.5. The Morgan fingerprint density at radius 2 is 1.13 bits per heavy atom. The first kappa shape index (κ1) is 40.4. The van der Waals surface area contributed by atoms with Gasteiger partial charge in [-0.1, -0.05) is 42.2 Å². The molecule has 2 aromatic carbocycles. The largest absolute Gasteiger partial charge is 0.480 e. The van der Waals surface area contributed by atoms with Crippen LogP contribution in [0.5, 0.6) is 0 Å². The Hall–Kier alpha value is -5.34. The molecule has 2 aliphatic heterocycles.